The lowest BCUT2D eigenvalue weighted by Crippen LogP contribution is -2.12. The van der Waals surface area contributed by atoms with Gasteiger partial charge in [-0.05, 0) is 36.8 Å². The van der Waals surface area contributed by atoms with Crippen LogP contribution in [-0.4, -0.2) is 23.0 Å². The van der Waals surface area contributed by atoms with Gasteiger partial charge in [0.1, 0.15) is 16.2 Å². The molecule has 0 spiro atoms. The van der Waals surface area contributed by atoms with Gasteiger partial charge in [-0.25, -0.2) is 18.4 Å². The normalized spacial score (nSPS) is 12.9. The van der Waals surface area contributed by atoms with Crippen molar-refractivity contribution in [1.82, 2.24) is 14.5 Å². The van der Waals surface area contributed by atoms with Gasteiger partial charge in [-0.3, -0.25) is 0 Å². The van der Waals surface area contributed by atoms with E-state index in [2.05, 4.69) is 4.98 Å². The van der Waals surface area contributed by atoms with Gasteiger partial charge in [-0.1, -0.05) is 60.7 Å². The predicted molar refractivity (Wildman–Crippen MR) is 122 cm³/mol. The Morgan fingerprint density at radius 2 is 1.35 bits per heavy atom. The summed E-state index contributed by atoms with van der Waals surface area (Å²) < 4.78 is 29.0. The lowest BCUT2D eigenvalue weighted by molar-refractivity contribution is 0.596. The van der Waals surface area contributed by atoms with Crippen LogP contribution >= 0.6 is 0 Å². The molecule has 0 unspecified atom stereocenters. The summed E-state index contributed by atoms with van der Waals surface area (Å²) in [6.45, 7) is 1.97. The summed E-state index contributed by atoms with van der Waals surface area (Å²) in [6.07, 6.45) is 0. The molecule has 0 saturated carbocycles. The Labute approximate surface area is 179 Å². The highest BCUT2D eigenvalue weighted by atomic mass is 32.2. The number of benzene rings is 3. The van der Waals surface area contributed by atoms with Crippen LogP contribution < -0.4 is 5.73 Å². The minimum Gasteiger partial charge on any atom is -0.384 e. The second-order valence-corrected chi connectivity index (χ2v) is 9.26. The third-order valence-corrected chi connectivity index (χ3v) is 7.31. The second kappa shape index (κ2) is 7.21. The topological polar surface area (TPSA) is 90.9 Å². The Balaban J connectivity index is 1.88. The summed E-state index contributed by atoms with van der Waals surface area (Å²) in [5, 5.41) is 0. The van der Waals surface area contributed by atoms with Crippen LogP contribution in [0.3, 0.4) is 0 Å². The molecule has 2 heterocycles. The maximum Gasteiger partial charge on any atom is 0.212 e. The number of sulfone groups is 1. The Bertz CT molecular complexity index is 1510. The molecule has 0 aliphatic heterocycles. The lowest BCUT2D eigenvalue weighted by Gasteiger charge is -2.17. The van der Waals surface area contributed by atoms with Gasteiger partial charge in [0.25, 0.3) is 0 Å². The van der Waals surface area contributed by atoms with Crippen molar-refractivity contribution in [1.29, 1.82) is 0 Å². The molecule has 0 radical (unpaired) electrons. The summed E-state index contributed by atoms with van der Waals surface area (Å²) in [7, 11) is -3.91. The largest absolute Gasteiger partial charge is 0.384 e. The molecule has 5 rings (SSSR count). The zero-order chi connectivity index (χ0) is 21.6. The molecule has 2 N–H and O–H groups in total. The van der Waals surface area contributed by atoms with E-state index in [0.29, 0.717) is 16.7 Å². The molecular weight excluding hydrogens is 408 g/mol. The van der Waals surface area contributed by atoms with E-state index in [9.17, 15) is 8.42 Å². The van der Waals surface area contributed by atoms with E-state index < -0.39 is 9.84 Å². The maximum absolute atomic E-state index is 13.6. The molecule has 5 aromatic rings. The van der Waals surface area contributed by atoms with E-state index in [1.165, 1.54) is 0 Å². The van der Waals surface area contributed by atoms with Crippen LogP contribution in [0.4, 0.5) is 5.82 Å². The number of anilines is 1. The summed E-state index contributed by atoms with van der Waals surface area (Å²) >= 11 is 0. The Hall–Kier alpha value is -3.71. The molecule has 0 amide bonds. The van der Waals surface area contributed by atoms with Gasteiger partial charge >= 0.3 is 0 Å². The maximum atomic E-state index is 13.6. The molecule has 0 fully saturated rings. The zero-order valence-electron chi connectivity index (χ0n) is 16.8. The second-order valence-electron chi connectivity index (χ2n) is 7.37. The first-order chi connectivity index (χ1) is 15.0. The fourth-order valence-electron chi connectivity index (χ4n) is 3.91. The fraction of sp³-hybridized carbons (Fsp3) is 0.0833. The smallest absolute Gasteiger partial charge is 0.212 e. The first-order valence-corrected chi connectivity index (χ1v) is 11.4. The number of fused-ring (bicyclic) bond motifs is 2. The SMILES string of the molecule is C[C@@H](c1ccccc1)n1c(N)c(S(=O)(=O)c2ccccc2)c2nc3ccccc3nc21. The minimum atomic E-state index is -3.91. The number of nitrogens with zero attached hydrogens (tertiary/aromatic N) is 3. The van der Waals surface area contributed by atoms with Crippen LogP contribution in [0.15, 0.2) is 94.7 Å². The minimum absolute atomic E-state index is 0.00488. The Kier molecular flexibility index (Phi) is 4.48. The van der Waals surface area contributed by atoms with Crippen molar-refractivity contribution in [2.24, 2.45) is 0 Å². The third kappa shape index (κ3) is 3.05. The van der Waals surface area contributed by atoms with Gasteiger partial charge in [0.15, 0.2) is 5.65 Å². The van der Waals surface area contributed by atoms with Crippen LogP contribution in [0.5, 0.6) is 0 Å². The summed E-state index contributed by atoms with van der Waals surface area (Å²) in [5.74, 6) is 0.130. The first kappa shape index (κ1) is 19.3. The number of para-hydroxylation sites is 2. The highest BCUT2D eigenvalue weighted by Gasteiger charge is 2.31. The van der Waals surface area contributed by atoms with Crippen LogP contribution in [0.25, 0.3) is 22.2 Å². The van der Waals surface area contributed by atoms with Gasteiger partial charge in [-0.15, -0.1) is 0 Å². The molecule has 3 aromatic carbocycles. The number of hydrogen-bond acceptors (Lipinski definition) is 5. The molecule has 0 saturated heterocycles. The van der Waals surface area contributed by atoms with E-state index >= 15 is 0 Å². The zero-order valence-corrected chi connectivity index (χ0v) is 17.6. The van der Waals surface area contributed by atoms with Crippen molar-refractivity contribution >= 4 is 37.9 Å². The van der Waals surface area contributed by atoms with Gasteiger partial charge in [0.2, 0.25) is 9.84 Å². The molecule has 31 heavy (non-hydrogen) atoms. The van der Waals surface area contributed by atoms with Crippen LogP contribution in [0.1, 0.15) is 18.5 Å². The third-order valence-electron chi connectivity index (χ3n) is 5.48. The first-order valence-electron chi connectivity index (χ1n) is 9.89. The number of nitrogens with two attached hydrogens (primary N) is 1. The molecule has 154 valence electrons. The van der Waals surface area contributed by atoms with E-state index in [-0.39, 0.29) is 27.2 Å². The van der Waals surface area contributed by atoms with Crippen molar-refractivity contribution in [3.05, 3.63) is 90.5 Å². The number of nitrogen functional groups attached to an aromatic ring is 1. The summed E-state index contributed by atoms with van der Waals surface area (Å²) in [6, 6.07) is 25.2. The van der Waals surface area contributed by atoms with Crippen molar-refractivity contribution in [3.8, 4) is 0 Å². The summed E-state index contributed by atoms with van der Waals surface area (Å²) in [4.78, 5) is 9.62. The fourth-order valence-corrected chi connectivity index (χ4v) is 5.43. The lowest BCUT2D eigenvalue weighted by atomic mass is 10.1. The molecule has 1 atom stereocenters. The quantitative estimate of drug-likeness (QED) is 0.451. The Morgan fingerprint density at radius 1 is 0.806 bits per heavy atom. The van der Waals surface area contributed by atoms with E-state index in [0.717, 1.165) is 5.56 Å². The van der Waals surface area contributed by atoms with Gasteiger partial charge in [0.05, 0.1) is 22.0 Å². The molecule has 0 aliphatic carbocycles. The van der Waals surface area contributed by atoms with Crippen molar-refractivity contribution in [2.75, 3.05) is 5.73 Å². The van der Waals surface area contributed by atoms with Crippen LogP contribution in [0.2, 0.25) is 0 Å². The van der Waals surface area contributed by atoms with Crippen LogP contribution in [0, 0.1) is 0 Å². The van der Waals surface area contributed by atoms with Crippen molar-refractivity contribution < 1.29 is 8.42 Å². The number of rotatable bonds is 4. The van der Waals surface area contributed by atoms with Crippen molar-refractivity contribution in [2.45, 2.75) is 22.8 Å². The van der Waals surface area contributed by atoms with E-state index in [1.54, 1.807) is 34.9 Å². The van der Waals surface area contributed by atoms with Crippen molar-refractivity contribution in [3.63, 3.8) is 0 Å². The molecule has 0 aliphatic rings. The summed E-state index contributed by atoms with van der Waals surface area (Å²) in [5.41, 5.74) is 9.55. The average molecular weight is 429 g/mol. The molecule has 2 aromatic heterocycles. The predicted octanol–water partition coefficient (Wildman–Crippen LogP) is 4.61. The van der Waals surface area contributed by atoms with Gasteiger partial charge in [0, 0.05) is 0 Å². The van der Waals surface area contributed by atoms with Crippen LogP contribution in [-0.2, 0) is 9.84 Å². The monoisotopic (exact) mass is 428 g/mol. The molecule has 7 heteroatoms. The molecule has 0 bridgehead atoms. The van der Waals surface area contributed by atoms with Gasteiger partial charge in [-0.2, -0.15) is 0 Å². The van der Waals surface area contributed by atoms with Gasteiger partial charge < -0.3 is 10.3 Å². The van der Waals surface area contributed by atoms with E-state index in [4.69, 9.17) is 10.7 Å². The average Bonchev–Trinajstić information content (AvgIpc) is 3.09. The number of aromatic nitrogens is 3. The number of hydrogen-bond donors (Lipinski definition) is 1. The standard InChI is InChI=1S/C24H20N4O2S/c1-16(17-10-4-2-5-11-17)28-23(25)22(31(29,30)18-12-6-3-7-13-18)21-24(28)27-20-15-9-8-14-19(20)26-21/h2-16H,25H2,1H3/t16-/m0/s1. The molecular formula is C24H20N4O2S. The molecule has 6 nitrogen and oxygen atoms in total. The van der Waals surface area contributed by atoms with E-state index in [1.807, 2.05) is 61.5 Å². The highest BCUT2D eigenvalue weighted by Crippen LogP contribution is 2.38. The highest BCUT2D eigenvalue weighted by molar-refractivity contribution is 7.92. The Morgan fingerprint density at radius 3 is 2.00 bits per heavy atom.